The van der Waals surface area contributed by atoms with E-state index >= 15 is 0 Å². The Morgan fingerprint density at radius 2 is 1.07 bits per heavy atom. The number of aromatic carboxylic acids is 3. The summed E-state index contributed by atoms with van der Waals surface area (Å²) in [5.41, 5.74) is 1.19. The van der Waals surface area contributed by atoms with Crippen molar-refractivity contribution >= 4 is 17.9 Å². The van der Waals surface area contributed by atoms with Crippen LogP contribution >= 0.6 is 0 Å². The molecule has 3 aromatic rings. The van der Waals surface area contributed by atoms with Crippen molar-refractivity contribution in [2.75, 3.05) is 0 Å². The summed E-state index contributed by atoms with van der Waals surface area (Å²) in [7, 11) is 0. The lowest BCUT2D eigenvalue weighted by molar-refractivity contribution is 0.0651. The molecule has 7 nitrogen and oxygen atoms in total. The summed E-state index contributed by atoms with van der Waals surface area (Å²) in [6, 6.07) is 17.0. The Morgan fingerprint density at radius 3 is 1.57 bits per heavy atom. The lowest BCUT2D eigenvalue weighted by Gasteiger charge is -2.09. The number of rotatable bonds is 6. The van der Waals surface area contributed by atoms with E-state index in [0.717, 1.165) is 17.2 Å². The minimum atomic E-state index is -1.36. The first kappa shape index (κ1) is 18.7. The van der Waals surface area contributed by atoms with E-state index in [2.05, 4.69) is 0 Å². The fourth-order valence-corrected chi connectivity index (χ4v) is 2.61. The van der Waals surface area contributed by atoms with Crippen LogP contribution in [0.2, 0.25) is 0 Å². The molecule has 0 saturated heterocycles. The highest BCUT2D eigenvalue weighted by molar-refractivity contribution is 6.02. The van der Waals surface area contributed by atoms with Gasteiger partial charge in [0.25, 0.3) is 0 Å². The average molecular weight is 378 g/mol. The van der Waals surface area contributed by atoms with Crippen molar-refractivity contribution in [3.8, 4) is 22.6 Å². The van der Waals surface area contributed by atoms with Crippen molar-refractivity contribution < 1.29 is 34.4 Å². The summed E-state index contributed by atoms with van der Waals surface area (Å²) >= 11 is 0. The zero-order valence-electron chi connectivity index (χ0n) is 14.3. The lowest BCUT2D eigenvalue weighted by Crippen LogP contribution is -2.07. The van der Waals surface area contributed by atoms with Gasteiger partial charge in [0, 0.05) is 0 Å². The second kappa shape index (κ2) is 7.63. The second-order valence-corrected chi connectivity index (χ2v) is 5.83. The number of carboxylic acid groups (broad SMARTS) is 3. The van der Waals surface area contributed by atoms with Crippen molar-refractivity contribution in [2.24, 2.45) is 0 Å². The molecule has 0 amide bonds. The summed E-state index contributed by atoms with van der Waals surface area (Å²) in [5.74, 6) is -3.05. The molecule has 0 aromatic heterocycles. The molecular weight excluding hydrogens is 364 g/mol. The summed E-state index contributed by atoms with van der Waals surface area (Å²) < 4.78 is 5.61. The monoisotopic (exact) mass is 378 g/mol. The first-order valence-corrected chi connectivity index (χ1v) is 8.07. The Labute approximate surface area is 159 Å². The number of carbonyl (C=O) groups is 3. The quantitative estimate of drug-likeness (QED) is 0.586. The molecule has 140 valence electrons. The van der Waals surface area contributed by atoms with E-state index < -0.39 is 17.9 Å². The fraction of sp³-hybridized carbons (Fsp3) is 0. The highest BCUT2D eigenvalue weighted by Crippen LogP contribution is 2.27. The van der Waals surface area contributed by atoms with Gasteiger partial charge in [-0.25, -0.2) is 14.4 Å². The molecule has 0 aliphatic heterocycles. The first-order chi connectivity index (χ1) is 13.3. The molecule has 0 unspecified atom stereocenters. The van der Waals surface area contributed by atoms with E-state index in [4.69, 9.17) is 20.1 Å². The van der Waals surface area contributed by atoms with Crippen molar-refractivity contribution in [2.45, 2.75) is 0 Å². The molecule has 3 rings (SSSR count). The smallest absolute Gasteiger partial charge is 0.336 e. The normalized spacial score (nSPS) is 10.3. The summed E-state index contributed by atoms with van der Waals surface area (Å²) in [6.45, 7) is 0. The lowest BCUT2D eigenvalue weighted by atomic mass is 10.0. The molecule has 0 bridgehead atoms. The maximum Gasteiger partial charge on any atom is 0.336 e. The van der Waals surface area contributed by atoms with E-state index in [-0.39, 0.29) is 22.4 Å². The molecular formula is C21H14O7. The van der Waals surface area contributed by atoms with Crippen molar-refractivity contribution in [1.82, 2.24) is 0 Å². The van der Waals surface area contributed by atoms with Crippen LogP contribution in [0.25, 0.3) is 11.1 Å². The summed E-state index contributed by atoms with van der Waals surface area (Å²) in [6.07, 6.45) is 0. The van der Waals surface area contributed by atoms with Crippen molar-refractivity contribution in [3.63, 3.8) is 0 Å². The van der Waals surface area contributed by atoms with Crippen LogP contribution in [-0.2, 0) is 0 Å². The van der Waals surface area contributed by atoms with E-state index in [1.807, 2.05) is 0 Å². The molecule has 0 radical (unpaired) electrons. The molecule has 3 aromatic carbocycles. The third-order valence-corrected chi connectivity index (χ3v) is 4.01. The van der Waals surface area contributed by atoms with Crippen LogP contribution in [0.5, 0.6) is 11.5 Å². The number of hydrogen-bond acceptors (Lipinski definition) is 4. The van der Waals surface area contributed by atoms with Gasteiger partial charge in [0.1, 0.15) is 11.5 Å². The number of hydrogen-bond donors (Lipinski definition) is 3. The first-order valence-electron chi connectivity index (χ1n) is 8.07. The fourth-order valence-electron chi connectivity index (χ4n) is 2.61. The van der Waals surface area contributed by atoms with Gasteiger partial charge in [0.15, 0.2) is 0 Å². The van der Waals surface area contributed by atoms with E-state index in [1.54, 1.807) is 36.4 Å². The van der Waals surface area contributed by atoms with Gasteiger partial charge in [-0.3, -0.25) is 0 Å². The predicted octanol–water partition coefficient (Wildman–Crippen LogP) is 4.24. The third-order valence-electron chi connectivity index (χ3n) is 4.01. The average Bonchev–Trinajstić information content (AvgIpc) is 2.68. The molecule has 0 saturated carbocycles. The zero-order chi connectivity index (χ0) is 20.3. The Hall–Kier alpha value is -4.13. The Bertz CT molecular complexity index is 1050. The second-order valence-electron chi connectivity index (χ2n) is 5.83. The molecule has 0 fully saturated rings. The standard InChI is InChI=1S/C21H14O7/c22-19(23)14-3-1-12(2-4-14)13-5-7-15(8-6-13)28-16-9-10-17(20(24)25)18(11-16)21(26)27/h1-11H,(H,22,23)(H,24,25)(H,26,27). The van der Waals surface area contributed by atoms with E-state index in [9.17, 15) is 14.4 Å². The van der Waals surface area contributed by atoms with Gasteiger partial charge in [-0.1, -0.05) is 24.3 Å². The van der Waals surface area contributed by atoms with Crippen molar-refractivity contribution in [1.29, 1.82) is 0 Å². The molecule has 0 aliphatic rings. The summed E-state index contributed by atoms with van der Waals surface area (Å²) in [4.78, 5) is 33.2. The SMILES string of the molecule is O=C(O)c1ccc(-c2ccc(Oc3ccc(C(=O)O)c(C(=O)O)c3)cc2)cc1. The number of carboxylic acids is 3. The number of benzene rings is 3. The van der Waals surface area contributed by atoms with Crippen LogP contribution in [-0.4, -0.2) is 33.2 Å². The Morgan fingerprint density at radius 1 is 0.571 bits per heavy atom. The summed E-state index contributed by atoms with van der Waals surface area (Å²) in [5, 5.41) is 27.1. The van der Waals surface area contributed by atoms with Gasteiger partial charge in [0.2, 0.25) is 0 Å². The maximum atomic E-state index is 11.2. The van der Waals surface area contributed by atoms with Crippen LogP contribution in [0.15, 0.2) is 66.7 Å². The van der Waals surface area contributed by atoms with Gasteiger partial charge >= 0.3 is 17.9 Å². The van der Waals surface area contributed by atoms with Crippen LogP contribution in [0.3, 0.4) is 0 Å². The highest BCUT2D eigenvalue weighted by Gasteiger charge is 2.17. The largest absolute Gasteiger partial charge is 0.478 e. The molecule has 7 heteroatoms. The Kier molecular flexibility index (Phi) is 5.08. The van der Waals surface area contributed by atoms with Gasteiger partial charge in [-0.05, 0) is 53.6 Å². The van der Waals surface area contributed by atoms with E-state index in [0.29, 0.717) is 5.75 Å². The molecule has 28 heavy (non-hydrogen) atoms. The van der Waals surface area contributed by atoms with Gasteiger partial charge in [0.05, 0.1) is 16.7 Å². The molecule has 3 N–H and O–H groups in total. The molecule has 0 spiro atoms. The third kappa shape index (κ3) is 3.99. The van der Waals surface area contributed by atoms with Crippen molar-refractivity contribution in [3.05, 3.63) is 83.4 Å². The topological polar surface area (TPSA) is 121 Å². The van der Waals surface area contributed by atoms with Gasteiger partial charge in [-0.2, -0.15) is 0 Å². The van der Waals surface area contributed by atoms with Crippen LogP contribution in [0.4, 0.5) is 0 Å². The zero-order valence-corrected chi connectivity index (χ0v) is 14.3. The minimum Gasteiger partial charge on any atom is -0.478 e. The maximum absolute atomic E-state index is 11.2. The molecule has 0 heterocycles. The Balaban J connectivity index is 1.81. The van der Waals surface area contributed by atoms with Gasteiger partial charge in [-0.15, -0.1) is 0 Å². The van der Waals surface area contributed by atoms with E-state index in [1.165, 1.54) is 24.3 Å². The number of ether oxygens (including phenoxy) is 1. The highest BCUT2D eigenvalue weighted by atomic mass is 16.5. The predicted molar refractivity (Wildman–Crippen MR) is 99.3 cm³/mol. The molecule has 0 aliphatic carbocycles. The molecule has 0 atom stereocenters. The van der Waals surface area contributed by atoms with Gasteiger partial charge < -0.3 is 20.1 Å². The van der Waals surface area contributed by atoms with Crippen LogP contribution in [0.1, 0.15) is 31.1 Å². The van der Waals surface area contributed by atoms with Crippen LogP contribution < -0.4 is 4.74 Å². The minimum absolute atomic E-state index is 0.195. The van der Waals surface area contributed by atoms with Crippen LogP contribution in [0, 0.1) is 0 Å².